The maximum Gasteiger partial charge on any atom is 0.416 e. The molecule has 0 spiro atoms. The van der Waals surface area contributed by atoms with Gasteiger partial charge in [0.25, 0.3) is 0 Å². The number of aryl methyl sites for hydroxylation is 1. The first-order chi connectivity index (χ1) is 8.79. The lowest BCUT2D eigenvalue weighted by molar-refractivity contribution is -0.137. The summed E-state index contributed by atoms with van der Waals surface area (Å²) in [5.74, 6) is 0. The second-order valence-corrected chi connectivity index (χ2v) is 7.04. The van der Waals surface area contributed by atoms with E-state index in [1.807, 2.05) is 11.4 Å². The summed E-state index contributed by atoms with van der Waals surface area (Å²) in [5, 5.41) is 1.93. The SMILES string of the molecule is Cc1cc(C(F)(F)F)ccc1C(N)c1csc(I)c1. The van der Waals surface area contributed by atoms with E-state index in [2.05, 4.69) is 22.6 Å². The molecule has 0 saturated carbocycles. The van der Waals surface area contributed by atoms with Crippen molar-refractivity contribution in [3.05, 3.63) is 54.8 Å². The first-order valence-electron chi connectivity index (χ1n) is 5.46. The van der Waals surface area contributed by atoms with Gasteiger partial charge in [0.2, 0.25) is 0 Å². The molecule has 0 amide bonds. The van der Waals surface area contributed by atoms with Crippen LogP contribution in [0, 0.1) is 9.81 Å². The van der Waals surface area contributed by atoms with Crippen LogP contribution in [0.1, 0.15) is 28.3 Å². The van der Waals surface area contributed by atoms with Crippen molar-refractivity contribution in [1.29, 1.82) is 0 Å². The van der Waals surface area contributed by atoms with Crippen molar-refractivity contribution in [3.63, 3.8) is 0 Å². The number of nitrogens with two attached hydrogens (primary N) is 1. The van der Waals surface area contributed by atoms with Gasteiger partial charge in [-0.05, 0) is 69.8 Å². The fourth-order valence-corrected chi connectivity index (χ4v) is 3.28. The van der Waals surface area contributed by atoms with Crippen molar-refractivity contribution < 1.29 is 13.2 Å². The predicted molar refractivity (Wildman–Crippen MR) is 79.2 cm³/mol. The average Bonchev–Trinajstić information content (AvgIpc) is 2.73. The summed E-state index contributed by atoms with van der Waals surface area (Å²) >= 11 is 3.76. The van der Waals surface area contributed by atoms with Crippen LogP contribution >= 0.6 is 33.9 Å². The van der Waals surface area contributed by atoms with Crippen molar-refractivity contribution in [3.8, 4) is 0 Å². The van der Waals surface area contributed by atoms with E-state index in [9.17, 15) is 13.2 Å². The fraction of sp³-hybridized carbons (Fsp3) is 0.231. The number of halogens is 4. The third kappa shape index (κ3) is 3.29. The zero-order valence-corrected chi connectivity index (χ0v) is 12.9. The van der Waals surface area contributed by atoms with Crippen LogP contribution in [0.4, 0.5) is 13.2 Å². The van der Waals surface area contributed by atoms with E-state index in [1.165, 1.54) is 6.07 Å². The molecular weight excluding hydrogens is 386 g/mol. The molecule has 2 aromatic rings. The van der Waals surface area contributed by atoms with Gasteiger partial charge in [-0.25, -0.2) is 0 Å². The predicted octanol–water partition coefficient (Wildman–Crippen LogP) is 4.73. The Morgan fingerprint density at radius 3 is 2.42 bits per heavy atom. The summed E-state index contributed by atoms with van der Waals surface area (Å²) in [6.07, 6.45) is -4.31. The summed E-state index contributed by atoms with van der Waals surface area (Å²) in [7, 11) is 0. The smallest absolute Gasteiger partial charge is 0.320 e. The van der Waals surface area contributed by atoms with Crippen LogP contribution in [0.15, 0.2) is 29.6 Å². The Morgan fingerprint density at radius 1 is 1.26 bits per heavy atom. The molecule has 0 fully saturated rings. The van der Waals surface area contributed by atoms with E-state index in [0.29, 0.717) is 5.56 Å². The lowest BCUT2D eigenvalue weighted by Gasteiger charge is -2.16. The Labute approximate surface area is 126 Å². The van der Waals surface area contributed by atoms with Gasteiger partial charge in [0, 0.05) is 0 Å². The highest BCUT2D eigenvalue weighted by Gasteiger charge is 2.31. The van der Waals surface area contributed by atoms with Gasteiger partial charge in [-0.3, -0.25) is 0 Å². The zero-order valence-electron chi connectivity index (χ0n) is 9.96. The molecule has 1 aromatic heterocycles. The monoisotopic (exact) mass is 397 g/mol. The van der Waals surface area contributed by atoms with Crippen LogP contribution < -0.4 is 5.73 Å². The maximum atomic E-state index is 12.6. The van der Waals surface area contributed by atoms with Crippen molar-refractivity contribution in [2.45, 2.75) is 19.1 Å². The molecule has 0 aliphatic heterocycles. The number of hydrogen-bond donors (Lipinski definition) is 1. The van der Waals surface area contributed by atoms with Gasteiger partial charge < -0.3 is 5.73 Å². The number of hydrogen-bond acceptors (Lipinski definition) is 2. The first-order valence-corrected chi connectivity index (χ1v) is 7.42. The molecule has 1 aromatic carbocycles. The summed E-state index contributed by atoms with van der Waals surface area (Å²) in [6.45, 7) is 1.65. The molecule has 0 aliphatic rings. The third-order valence-electron chi connectivity index (χ3n) is 2.88. The van der Waals surface area contributed by atoms with Gasteiger partial charge >= 0.3 is 6.18 Å². The minimum Gasteiger partial charge on any atom is -0.320 e. The van der Waals surface area contributed by atoms with Crippen molar-refractivity contribution in [1.82, 2.24) is 0 Å². The largest absolute Gasteiger partial charge is 0.416 e. The minimum absolute atomic E-state index is 0.387. The topological polar surface area (TPSA) is 26.0 Å². The minimum atomic E-state index is -4.31. The lowest BCUT2D eigenvalue weighted by atomic mass is 9.96. The molecule has 0 bridgehead atoms. The highest BCUT2D eigenvalue weighted by Crippen LogP contribution is 2.33. The third-order valence-corrected chi connectivity index (χ3v) is 4.69. The molecule has 2 N–H and O–H groups in total. The molecule has 102 valence electrons. The Hall–Kier alpha value is -0.600. The van der Waals surface area contributed by atoms with Gasteiger partial charge in [-0.2, -0.15) is 13.2 Å². The Morgan fingerprint density at radius 2 is 1.95 bits per heavy atom. The van der Waals surface area contributed by atoms with Gasteiger partial charge in [0.15, 0.2) is 0 Å². The second kappa shape index (κ2) is 5.41. The second-order valence-electron chi connectivity index (χ2n) is 4.23. The molecule has 1 unspecified atom stereocenters. The van der Waals surface area contributed by atoms with E-state index < -0.39 is 11.7 Å². The normalized spacial score (nSPS) is 13.6. The molecule has 2 rings (SSSR count). The Balaban J connectivity index is 2.36. The Kier molecular flexibility index (Phi) is 4.22. The van der Waals surface area contributed by atoms with E-state index in [-0.39, 0.29) is 6.04 Å². The molecule has 6 heteroatoms. The van der Waals surface area contributed by atoms with E-state index >= 15 is 0 Å². The fourth-order valence-electron chi connectivity index (χ4n) is 1.87. The molecule has 1 atom stereocenters. The van der Waals surface area contributed by atoms with Crippen LogP contribution in [0.3, 0.4) is 0 Å². The molecule has 0 saturated heterocycles. The molecular formula is C13H11F3INS. The van der Waals surface area contributed by atoms with Crippen molar-refractivity contribution >= 4 is 33.9 Å². The quantitative estimate of drug-likeness (QED) is 0.729. The van der Waals surface area contributed by atoms with Crippen LogP contribution in [-0.2, 0) is 6.18 Å². The van der Waals surface area contributed by atoms with Crippen LogP contribution in [-0.4, -0.2) is 0 Å². The lowest BCUT2D eigenvalue weighted by Crippen LogP contribution is -2.14. The summed E-state index contributed by atoms with van der Waals surface area (Å²) in [5.41, 5.74) is 7.68. The van der Waals surface area contributed by atoms with E-state index in [4.69, 9.17) is 5.73 Å². The highest BCUT2D eigenvalue weighted by molar-refractivity contribution is 14.1. The van der Waals surface area contributed by atoms with E-state index in [1.54, 1.807) is 18.3 Å². The van der Waals surface area contributed by atoms with Gasteiger partial charge in [0.1, 0.15) is 0 Å². The summed E-state index contributed by atoms with van der Waals surface area (Å²) < 4.78 is 38.9. The van der Waals surface area contributed by atoms with Gasteiger partial charge in [0.05, 0.1) is 14.5 Å². The van der Waals surface area contributed by atoms with Crippen LogP contribution in [0.2, 0.25) is 0 Å². The maximum absolute atomic E-state index is 12.6. The first kappa shape index (κ1) is 14.8. The molecule has 19 heavy (non-hydrogen) atoms. The number of alkyl halides is 3. The summed E-state index contributed by atoms with van der Waals surface area (Å²) in [4.78, 5) is 0. The zero-order chi connectivity index (χ0) is 14.2. The van der Waals surface area contributed by atoms with Crippen LogP contribution in [0.25, 0.3) is 0 Å². The average molecular weight is 397 g/mol. The Bertz CT molecular complexity index is 592. The molecule has 1 nitrogen and oxygen atoms in total. The number of rotatable bonds is 2. The number of benzene rings is 1. The summed E-state index contributed by atoms with van der Waals surface area (Å²) in [6, 6.07) is 5.26. The van der Waals surface area contributed by atoms with Crippen LogP contribution in [0.5, 0.6) is 0 Å². The molecule has 0 radical (unpaired) electrons. The standard InChI is InChI=1S/C13H11F3INS/c1-7-4-9(13(14,15)16)2-3-10(7)12(18)8-5-11(17)19-6-8/h2-6,12H,18H2,1H3. The van der Waals surface area contributed by atoms with Gasteiger partial charge in [-0.1, -0.05) is 6.07 Å². The highest BCUT2D eigenvalue weighted by atomic mass is 127. The molecule has 0 aliphatic carbocycles. The van der Waals surface area contributed by atoms with Crippen molar-refractivity contribution in [2.75, 3.05) is 0 Å². The van der Waals surface area contributed by atoms with Crippen molar-refractivity contribution in [2.24, 2.45) is 5.73 Å². The van der Waals surface area contributed by atoms with E-state index in [0.717, 1.165) is 26.1 Å². The van der Waals surface area contributed by atoms with Gasteiger partial charge in [-0.15, -0.1) is 11.3 Å². The number of thiophene rings is 1. The molecule has 1 heterocycles.